The van der Waals surface area contributed by atoms with Crippen molar-refractivity contribution < 1.29 is 83.0 Å². The topological polar surface area (TPSA) is 247 Å². The Morgan fingerprint density at radius 3 is 1.51 bits per heavy atom. The van der Waals surface area contributed by atoms with E-state index in [1.54, 1.807) is 0 Å². The Labute approximate surface area is 536 Å². The summed E-state index contributed by atoms with van der Waals surface area (Å²) in [4.78, 5) is 46.8. The zero-order valence-corrected chi connectivity index (χ0v) is 57.0. The Kier molecular flexibility index (Phi) is 51.1. The van der Waals surface area contributed by atoms with E-state index in [0.717, 1.165) is 128 Å². The maximum Gasteiger partial charge on any atom is 0.470 e. The average molecular weight is 1280 g/mol. The molecule has 88 heavy (non-hydrogen) atoms. The molecule has 12 atom stereocenters. The van der Waals surface area contributed by atoms with Crippen LogP contribution in [0.1, 0.15) is 305 Å². The highest BCUT2D eigenvalue weighted by atomic mass is 31.2. The Hall–Kier alpha value is -1.61. The molecular weight excluding hydrogens is 1150 g/mol. The van der Waals surface area contributed by atoms with Crippen molar-refractivity contribution in [1.82, 2.24) is 5.32 Å². The van der Waals surface area contributed by atoms with Crippen LogP contribution in [0.2, 0.25) is 0 Å². The van der Waals surface area contributed by atoms with Crippen LogP contribution in [0.25, 0.3) is 0 Å². The van der Waals surface area contributed by atoms with Crippen LogP contribution in [0.3, 0.4) is 0 Å². The molecule has 0 aromatic rings. The molecule has 2 unspecified atom stereocenters. The van der Waals surface area contributed by atoms with Gasteiger partial charge in [0.2, 0.25) is 5.91 Å². The van der Waals surface area contributed by atoms with Gasteiger partial charge in [-0.3, -0.25) is 9.32 Å². The Morgan fingerprint density at radius 1 is 0.523 bits per heavy atom. The second-order valence-corrected chi connectivity index (χ2v) is 26.3. The van der Waals surface area contributed by atoms with Crippen molar-refractivity contribution in [3.8, 4) is 0 Å². The molecule has 2 aliphatic rings. The number of phosphoric acid groups is 1. The van der Waals surface area contributed by atoms with Gasteiger partial charge in [-0.1, -0.05) is 252 Å². The van der Waals surface area contributed by atoms with E-state index in [1.807, 2.05) is 0 Å². The Bertz CT molecular complexity index is 1740. The van der Waals surface area contributed by atoms with Crippen molar-refractivity contribution in [3.05, 3.63) is 12.2 Å². The SMILES string of the molecule is [2H]C(CCCCCCCCCCCCC)O[C@H]1C(OCC(=O)O)O[C@H](CO[C@@H]2O[C@H](COC)[C@@H](OP(=O)(O)O)[C@H](OCC[C@H](O)CCCCCCC)[C@H]2NC(=O)CCCCCCCCC/C=C\CCCCCC)[C@@H](O)[C@@H]1OCCCCCCCCCCCC. The number of nitrogens with one attached hydrogen (secondary N) is 1. The molecule has 6 N–H and O–H groups in total. The fraction of sp³-hybridized carbons (Fsp3) is 0.942. The molecule has 2 aliphatic heterocycles. The highest BCUT2D eigenvalue weighted by Gasteiger charge is 2.53. The van der Waals surface area contributed by atoms with Gasteiger partial charge in [-0.15, -0.1) is 0 Å². The summed E-state index contributed by atoms with van der Waals surface area (Å²) in [5, 5.41) is 36.2. The van der Waals surface area contributed by atoms with E-state index in [9.17, 15) is 39.3 Å². The van der Waals surface area contributed by atoms with Crippen LogP contribution >= 0.6 is 7.82 Å². The number of rotatable bonds is 62. The van der Waals surface area contributed by atoms with Gasteiger partial charge in [0.25, 0.3) is 0 Å². The van der Waals surface area contributed by atoms with E-state index < -0.39 is 101 Å². The number of amides is 1. The summed E-state index contributed by atoms with van der Waals surface area (Å²) in [6.45, 7) is 6.46. The number of carbonyl (C=O) groups is 2. The number of unbranched alkanes of at least 4 members (excludes halogenated alkanes) is 34. The van der Waals surface area contributed by atoms with Gasteiger partial charge in [0, 0.05) is 33.3 Å². The predicted molar refractivity (Wildman–Crippen MR) is 349 cm³/mol. The quantitative estimate of drug-likeness (QED) is 0.0188. The largest absolute Gasteiger partial charge is 0.480 e. The van der Waals surface area contributed by atoms with Crippen molar-refractivity contribution >= 4 is 19.7 Å². The maximum atomic E-state index is 14.1. The van der Waals surface area contributed by atoms with E-state index in [1.165, 1.54) is 116 Å². The number of hydrogen-bond acceptors (Lipinski definition) is 14. The lowest BCUT2D eigenvalue weighted by molar-refractivity contribution is -0.330. The van der Waals surface area contributed by atoms with Crippen LogP contribution in [-0.4, -0.2) is 151 Å². The first-order valence-corrected chi connectivity index (χ1v) is 37.3. The molecule has 2 saturated heterocycles. The van der Waals surface area contributed by atoms with Crippen molar-refractivity contribution in [2.75, 3.05) is 46.7 Å². The third-order valence-electron chi connectivity index (χ3n) is 17.0. The molecule has 520 valence electrons. The van der Waals surface area contributed by atoms with Gasteiger partial charge in [0.1, 0.15) is 55.4 Å². The standard InChI is InChI=1S/C69H132NO17P/c1-6-10-14-18-21-24-27-29-30-31-32-34-37-41-45-49-60(72)70-62-65(82-53-50-57(71)48-44-40-17-13-9-4)64(87-88(76,77)78)59(54-79-5)86-68(62)83-55-58-63(75)66(80-51-46-42-38-35-26-23-20-16-12-8-3)67(69(85-58)84-56-61(73)74)81-52-47-43-39-36-33-28-25-22-19-15-11-7-2/h24,27,57-59,62-69,71,75H,6-23,25-26,28-56H2,1-5H3,(H,70,72)(H,73,74)(H2,76,77,78)/b27-24-/t57-,58-,59-,62-,63-,64-,65-,66+,67-,68-,69?/m1/s1/i52D/t52?,57-,58-,59-,62-,63-,64-,65-,66+,67-,68-,69?. The minimum atomic E-state index is -5.24. The summed E-state index contributed by atoms with van der Waals surface area (Å²) in [6, 6.07) is -1.26. The van der Waals surface area contributed by atoms with E-state index in [4.69, 9.17) is 43.8 Å². The number of aliphatic hydroxyl groups is 2. The summed E-state index contributed by atoms with van der Waals surface area (Å²) in [7, 11) is -3.85. The van der Waals surface area contributed by atoms with Crippen LogP contribution in [0.15, 0.2) is 12.2 Å². The first kappa shape index (κ1) is 80.6. The lowest BCUT2D eigenvalue weighted by Gasteiger charge is -2.47. The van der Waals surface area contributed by atoms with Gasteiger partial charge in [-0.25, -0.2) is 9.36 Å². The van der Waals surface area contributed by atoms with Gasteiger partial charge in [0.05, 0.1) is 20.7 Å². The fourth-order valence-electron chi connectivity index (χ4n) is 11.8. The van der Waals surface area contributed by atoms with Crippen LogP contribution in [-0.2, 0) is 56.6 Å². The van der Waals surface area contributed by atoms with Crippen LogP contribution in [0.4, 0.5) is 0 Å². The molecule has 0 aromatic carbocycles. The minimum absolute atomic E-state index is 0.0707. The number of aliphatic carboxylic acids is 1. The summed E-state index contributed by atoms with van der Waals surface area (Å²) in [5.41, 5.74) is 0. The number of phosphoric ester groups is 1. The molecule has 0 bridgehead atoms. The van der Waals surface area contributed by atoms with E-state index in [2.05, 4.69) is 45.2 Å². The predicted octanol–water partition coefficient (Wildman–Crippen LogP) is 15.5. The van der Waals surface area contributed by atoms with Gasteiger partial charge in [-0.2, -0.15) is 0 Å². The van der Waals surface area contributed by atoms with Gasteiger partial charge < -0.3 is 68.3 Å². The van der Waals surface area contributed by atoms with Crippen molar-refractivity contribution in [1.29, 1.82) is 0 Å². The van der Waals surface area contributed by atoms with Crippen molar-refractivity contribution in [2.45, 2.75) is 371 Å². The molecule has 2 fully saturated rings. The van der Waals surface area contributed by atoms with Crippen LogP contribution < -0.4 is 5.32 Å². The molecule has 0 radical (unpaired) electrons. The molecule has 0 aromatic heterocycles. The number of carboxylic acid groups (broad SMARTS) is 1. The lowest BCUT2D eigenvalue weighted by Crippen LogP contribution is -2.67. The first-order valence-electron chi connectivity index (χ1n) is 36.4. The molecule has 0 aliphatic carbocycles. The zero-order valence-electron chi connectivity index (χ0n) is 57.1. The van der Waals surface area contributed by atoms with E-state index >= 15 is 0 Å². The number of hydrogen-bond donors (Lipinski definition) is 6. The maximum absolute atomic E-state index is 14.1. The van der Waals surface area contributed by atoms with E-state index in [0.29, 0.717) is 25.7 Å². The fourth-order valence-corrected chi connectivity index (χ4v) is 12.4. The number of allylic oxidation sites excluding steroid dienone is 2. The number of carboxylic acids is 1. The third-order valence-corrected chi connectivity index (χ3v) is 17.6. The minimum Gasteiger partial charge on any atom is -0.480 e. The molecule has 2 heterocycles. The normalized spacial score (nSPS) is 23.4. The second kappa shape index (κ2) is 55.8. The number of methoxy groups -OCH3 is 1. The number of ether oxygens (including phenoxy) is 8. The monoisotopic (exact) mass is 1280 g/mol. The summed E-state index contributed by atoms with van der Waals surface area (Å²) in [5.74, 6) is -1.65. The molecule has 19 heteroatoms. The Balaban J connectivity index is 2.39. The zero-order chi connectivity index (χ0) is 65.0. The highest BCUT2D eigenvalue weighted by molar-refractivity contribution is 7.46. The first-order chi connectivity index (χ1) is 43.2. The lowest BCUT2D eigenvalue weighted by atomic mass is 9.95. The Morgan fingerprint density at radius 2 is 0.989 bits per heavy atom. The van der Waals surface area contributed by atoms with Crippen LogP contribution in [0.5, 0.6) is 0 Å². The second-order valence-electron chi connectivity index (χ2n) is 25.1. The molecule has 1 amide bonds. The van der Waals surface area contributed by atoms with Crippen molar-refractivity contribution in [3.63, 3.8) is 0 Å². The van der Waals surface area contributed by atoms with E-state index in [-0.39, 0.29) is 38.6 Å². The smallest absolute Gasteiger partial charge is 0.470 e. The van der Waals surface area contributed by atoms with Gasteiger partial charge >= 0.3 is 13.8 Å². The molecular formula is C69H132NO17P. The summed E-state index contributed by atoms with van der Waals surface area (Å²) < 4.78 is 77.3. The molecule has 0 saturated carbocycles. The summed E-state index contributed by atoms with van der Waals surface area (Å²) in [6.07, 6.45) is 36.1. The molecule has 18 nitrogen and oxygen atoms in total. The van der Waals surface area contributed by atoms with Gasteiger partial charge in [-0.05, 0) is 57.8 Å². The molecule has 0 spiro atoms. The number of aliphatic hydroxyl groups excluding tert-OH is 2. The summed E-state index contributed by atoms with van der Waals surface area (Å²) >= 11 is 0. The molecule has 2 rings (SSSR count). The average Bonchev–Trinajstić information content (AvgIpc) is 3.56. The number of carbonyl (C=O) groups excluding carboxylic acids is 1. The van der Waals surface area contributed by atoms with Gasteiger partial charge in [0.15, 0.2) is 12.6 Å². The van der Waals surface area contributed by atoms with Crippen molar-refractivity contribution in [2.24, 2.45) is 0 Å². The highest BCUT2D eigenvalue weighted by Crippen LogP contribution is 2.43. The van der Waals surface area contributed by atoms with Crippen LogP contribution in [0, 0.1) is 0 Å². The third kappa shape index (κ3) is 41.9.